The zero-order chi connectivity index (χ0) is 21.9. The highest BCUT2D eigenvalue weighted by Gasteiger charge is 2.48. The molecule has 0 aromatic heterocycles. The summed E-state index contributed by atoms with van der Waals surface area (Å²) in [5.41, 5.74) is -0.946. The molecule has 1 saturated heterocycles. The van der Waals surface area contributed by atoms with Crippen LogP contribution in [0.25, 0.3) is 0 Å². The van der Waals surface area contributed by atoms with Crippen molar-refractivity contribution < 1.29 is 27.4 Å². The third kappa shape index (κ3) is 4.25. The van der Waals surface area contributed by atoms with Gasteiger partial charge in [0.2, 0.25) is 10.0 Å². The number of ether oxygens (including phenoxy) is 1. The highest BCUT2D eigenvalue weighted by Crippen LogP contribution is 2.39. The quantitative estimate of drug-likeness (QED) is 0.537. The highest BCUT2D eigenvalue weighted by molar-refractivity contribution is 7.89. The van der Waals surface area contributed by atoms with Gasteiger partial charge in [-0.05, 0) is 55.8 Å². The zero-order valence-electron chi connectivity index (χ0n) is 16.4. The van der Waals surface area contributed by atoms with E-state index in [2.05, 4.69) is 10.6 Å². The smallest absolute Gasteiger partial charge is 0.259 e. The first-order valence-corrected chi connectivity index (χ1v) is 11.0. The number of phenolic OH excluding ortho intramolecular Hbond substituents is 1. The predicted octanol–water partition coefficient (Wildman–Crippen LogP) is 1.21. The first-order valence-electron chi connectivity index (χ1n) is 9.34. The number of phenols is 1. The molecule has 30 heavy (non-hydrogen) atoms. The summed E-state index contributed by atoms with van der Waals surface area (Å²) < 4.78 is 44.4. The van der Waals surface area contributed by atoms with Crippen molar-refractivity contribution in [1.82, 2.24) is 10.6 Å². The van der Waals surface area contributed by atoms with Crippen LogP contribution in [0.2, 0.25) is 0 Å². The maximum absolute atomic E-state index is 14.0. The number of amides is 1. The summed E-state index contributed by atoms with van der Waals surface area (Å²) in [5.74, 6) is -1.68. The number of rotatable bonds is 6. The average molecular weight is 437 g/mol. The Bertz CT molecular complexity index is 1040. The number of piperidine rings is 1. The predicted molar refractivity (Wildman–Crippen MR) is 109 cm³/mol. The SMILES string of the molecule is COc1cccc(O)c1C(=O)NC(C1(c2cccc(F)c2)CCNCC1)S(N)(=O)=O. The summed E-state index contributed by atoms with van der Waals surface area (Å²) in [6, 6.07) is 9.88. The van der Waals surface area contributed by atoms with Gasteiger partial charge in [-0.1, -0.05) is 18.2 Å². The van der Waals surface area contributed by atoms with Gasteiger partial charge >= 0.3 is 0 Å². The molecule has 0 radical (unpaired) electrons. The fourth-order valence-corrected chi connectivity index (χ4v) is 5.29. The van der Waals surface area contributed by atoms with Crippen molar-refractivity contribution in [2.75, 3.05) is 20.2 Å². The molecule has 162 valence electrons. The van der Waals surface area contributed by atoms with Crippen molar-refractivity contribution in [1.29, 1.82) is 0 Å². The van der Waals surface area contributed by atoms with Crippen molar-refractivity contribution in [2.24, 2.45) is 5.14 Å². The number of nitrogens with one attached hydrogen (secondary N) is 2. The minimum absolute atomic E-state index is 0.0748. The average Bonchev–Trinajstić information content (AvgIpc) is 2.71. The van der Waals surface area contributed by atoms with Crippen LogP contribution in [0, 0.1) is 5.82 Å². The number of carbonyl (C=O) groups is 1. The normalized spacial score (nSPS) is 17.2. The Kier molecular flexibility index (Phi) is 6.30. The molecule has 1 heterocycles. The monoisotopic (exact) mass is 437 g/mol. The van der Waals surface area contributed by atoms with Gasteiger partial charge in [-0.15, -0.1) is 0 Å². The molecule has 1 unspecified atom stereocenters. The van der Waals surface area contributed by atoms with E-state index in [4.69, 9.17) is 9.88 Å². The van der Waals surface area contributed by atoms with Crippen molar-refractivity contribution in [3.8, 4) is 11.5 Å². The maximum Gasteiger partial charge on any atom is 0.259 e. The summed E-state index contributed by atoms with van der Waals surface area (Å²) in [5, 5.41) is 19.8. The molecule has 1 fully saturated rings. The lowest BCUT2D eigenvalue weighted by atomic mass is 9.72. The fourth-order valence-electron chi connectivity index (χ4n) is 4.02. The molecule has 0 aliphatic carbocycles. The molecule has 2 aromatic rings. The van der Waals surface area contributed by atoms with E-state index in [1.165, 1.54) is 43.5 Å². The minimum atomic E-state index is -4.32. The van der Waals surface area contributed by atoms with Crippen LogP contribution in [0.4, 0.5) is 4.39 Å². The number of hydrogen-bond donors (Lipinski definition) is 4. The Hall–Kier alpha value is -2.69. The van der Waals surface area contributed by atoms with Crippen LogP contribution in [-0.2, 0) is 15.4 Å². The van der Waals surface area contributed by atoms with Gasteiger partial charge in [-0.25, -0.2) is 17.9 Å². The Morgan fingerprint density at radius 1 is 1.27 bits per heavy atom. The number of aromatic hydroxyl groups is 1. The summed E-state index contributed by atoms with van der Waals surface area (Å²) in [6.45, 7) is 0.913. The molecule has 3 rings (SSSR count). The molecular formula is C20H24FN3O5S. The van der Waals surface area contributed by atoms with E-state index in [0.717, 1.165) is 0 Å². The molecule has 10 heteroatoms. The van der Waals surface area contributed by atoms with Gasteiger partial charge < -0.3 is 20.5 Å². The second kappa shape index (κ2) is 8.58. The van der Waals surface area contributed by atoms with Crippen molar-refractivity contribution in [3.05, 3.63) is 59.4 Å². The molecule has 1 aliphatic rings. The number of sulfonamides is 1. The van der Waals surface area contributed by atoms with Crippen LogP contribution in [0.15, 0.2) is 42.5 Å². The maximum atomic E-state index is 14.0. The summed E-state index contributed by atoms with van der Waals surface area (Å²) in [7, 11) is -3.00. The van der Waals surface area contributed by atoms with Crippen LogP contribution < -0.4 is 20.5 Å². The van der Waals surface area contributed by atoms with Gasteiger partial charge in [0.05, 0.1) is 7.11 Å². The molecule has 0 saturated carbocycles. The van der Waals surface area contributed by atoms with E-state index in [9.17, 15) is 22.7 Å². The highest BCUT2D eigenvalue weighted by atomic mass is 32.2. The Balaban J connectivity index is 2.10. The van der Waals surface area contributed by atoms with Crippen LogP contribution in [-0.4, -0.2) is 45.0 Å². The third-order valence-corrected chi connectivity index (χ3v) is 6.67. The van der Waals surface area contributed by atoms with E-state index >= 15 is 0 Å². The number of halogens is 1. The summed E-state index contributed by atoms with van der Waals surface area (Å²) in [4.78, 5) is 13.0. The van der Waals surface area contributed by atoms with Gasteiger partial charge in [-0.2, -0.15) is 0 Å². The Labute approximate surface area is 174 Å². The largest absolute Gasteiger partial charge is 0.507 e. The molecule has 1 aliphatic heterocycles. The lowest BCUT2D eigenvalue weighted by Crippen LogP contribution is -2.60. The van der Waals surface area contributed by atoms with Crippen LogP contribution in [0.5, 0.6) is 11.5 Å². The lowest BCUT2D eigenvalue weighted by Gasteiger charge is -2.43. The van der Waals surface area contributed by atoms with E-state index in [1.54, 1.807) is 6.07 Å². The van der Waals surface area contributed by atoms with E-state index < -0.39 is 32.5 Å². The molecule has 0 bridgehead atoms. The standard InChI is InChI=1S/C20H24FN3O5S/c1-29-16-7-3-6-15(25)17(16)18(26)24-19(30(22,27)28)20(8-10-23-11-9-20)13-4-2-5-14(21)12-13/h2-7,12,19,23,25H,8-11H2,1H3,(H,24,26)(H2,22,27,28). The molecular weight excluding hydrogens is 413 g/mol. The van der Waals surface area contributed by atoms with Crippen molar-refractivity contribution in [3.63, 3.8) is 0 Å². The zero-order valence-corrected chi connectivity index (χ0v) is 17.2. The number of carbonyl (C=O) groups excluding carboxylic acids is 1. The molecule has 5 N–H and O–H groups in total. The molecule has 8 nitrogen and oxygen atoms in total. The topological polar surface area (TPSA) is 131 Å². The van der Waals surface area contributed by atoms with Gasteiger partial charge in [0.1, 0.15) is 22.9 Å². The number of nitrogens with two attached hydrogens (primary N) is 1. The molecule has 1 atom stereocenters. The van der Waals surface area contributed by atoms with E-state index in [-0.39, 0.29) is 17.1 Å². The van der Waals surface area contributed by atoms with Gasteiger partial charge in [0.15, 0.2) is 5.37 Å². The fraction of sp³-hybridized carbons (Fsp3) is 0.350. The van der Waals surface area contributed by atoms with Crippen LogP contribution in [0.3, 0.4) is 0 Å². The van der Waals surface area contributed by atoms with E-state index in [0.29, 0.717) is 31.5 Å². The lowest BCUT2D eigenvalue weighted by molar-refractivity contribution is 0.0919. The summed E-state index contributed by atoms with van der Waals surface area (Å²) in [6.07, 6.45) is 0.603. The third-order valence-electron chi connectivity index (χ3n) is 5.44. The first kappa shape index (κ1) is 22.0. The molecule has 2 aromatic carbocycles. The van der Waals surface area contributed by atoms with Crippen molar-refractivity contribution in [2.45, 2.75) is 23.6 Å². The second-order valence-corrected chi connectivity index (χ2v) is 8.86. The van der Waals surface area contributed by atoms with Gasteiger partial charge in [0.25, 0.3) is 5.91 Å². The Morgan fingerprint density at radius 3 is 2.53 bits per heavy atom. The number of hydrogen-bond acceptors (Lipinski definition) is 6. The second-order valence-electron chi connectivity index (χ2n) is 7.21. The van der Waals surface area contributed by atoms with Gasteiger partial charge in [0, 0.05) is 5.41 Å². The number of methoxy groups -OCH3 is 1. The Morgan fingerprint density at radius 2 is 1.93 bits per heavy atom. The van der Waals surface area contributed by atoms with E-state index in [1.807, 2.05) is 0 Å². The van der Waals surface area contributed by atoms with Crippen LogP contribution in [0.1, 0.15) is 28.8 Å². The molecule has 1 amide bonds. The van der Waals surface area contributed by atoms with Crippen molar-refractivity contribution >= 4 is 15.9 Å². The minimum Gasteiger partial charge on any atom is -0.507 e. The molecule has 0 spiro atoms. The number of primary sulfonamides is 1. The first-order chi connectivity index (χ1) is 14.2. The number of benzene rings is 2. The van der Waals surface area contributed by atoms with Crippen LogP contribution >= 0.6 is 0 Å². The van der Waals surface area contributed by atoms with Gasteiger partial charge in [-0.3, -0.25) is 4.79 Å². The summed E-state index contributed by atoms with van der Waals surface area (Å²) >= 11 is 0.